The Labute approximate surface area is 169 Å². The Bertz CT molecular complexity index is 868. The van der Waals surface area contributed by atoms with E-state index in [2.05, 4.69) is 13.8 Å². The van der Waals surface area contributed by atoms with Crippen LogP contribution in [0.25, 0.3) is 0 Å². The second kappa shape index (κ2) is 8.71. The molecule has 0 unspecified atom stereocenters. The Balaban J connectivity index is 2.01. The highest BCUT2D eigenvalue weighted by Crippen LogP contribution is 2.39. The van der Waals surface area contributed by atoms with Crippen LogP contribution < -0.4 is 0 Å². The third-order valence-electron chi connectivity index (χ3n) is 4.96. The quantitative estimate of drug-likeness (QED) is 0.525. The van der Waals surface area contributed by atoms with Gasteiger partial charge in [-0.05, 0) is 34.9 Å². The van der Waals surface area contributed by atoms with Gasteiger partial charge in [0.2, 0.25) is 5.78 Å². The highest BCUT2D eigenvalue weighted by Gasteiger charge is 2.43. The minimum atomic E-state index is -0.597. The molecule has 1 aliphatic heterocycles. The van der Waals surface area contributed by atoms with Gasteiger partial charge in [0, 0.05) is 20.3 Å². The summed E-state index contributed by atoms with van der Waals surface area (Å²) >= 11 is 1.30. The van der Waals surface area contributed by atoms with Crippen molar-refractivity contribution in [2.45, 2.75) is 32.2 Å². The number of ketones is 1. The van der Waals surface area contributed by atoms with Crippen molar-refractivity contribution in [3.05, 3.63) is 69.1 Å². The van der Waals surface area contributed by atoms with Gasteiger partial charge in [-0.3, -0.25) is 9.59 Å². The number of Topliss-reactive ketones (excluding diaryl/α,β-unsaturated/α-hetero) is 1. The van der Waals surface area contributed by atoms with Crippen molar-refractivity contribution in [2.75, 3.05) is 20.3 Å². The molecule has 2 heterocycles. The SMILES string of the molecule is COCCCN1C(=O)C(O)=C(C(=O)c2cccs2)[C@H]1c1ccc(C(C)C)cc1. The largest absolute Gasteiger partial charge is 0.503 e. The molecule has 1 atom stereocenters. The van der Waals surface area contributed by atoms with Crippen molar-refractivity contribution in [3.8, 4) is 0 Å². The molecule has 0 saturated heterocycles. The van der Waals surface area contributed by atoms with Gasteiger partial charge in [0.1, 0.15) is 0 Å². The van der Waals surface area contributed by atoms with Gasteiger partial charge in [0.15, 0.2) is 5.76 Å². The molecule has 1 N–H and O–H groups in total. The molecule has 5 nitrogen and oxygen atoms in total. The lowest BCUT2D eigenvalue weighted by atomic mass is 9.93. The fourth-order valence-electron chi connectivity index (χ4n) is 3.45. The van der Waals surface area contributed by atoms with E-state index in [0.717, 1.165) is 5.56 Å². The van der Waals surface area contributed by atoms with E-state index in [1.165, 1.54) is 16.9 Å². The fraction of sp³-hybridized carbons (Fsp3) is 0.364. The summed E-state index contributed by atoms with van der Waals surface area (Å²) in [5.41, 5.74) is 2.15. The van der Waals surface area contributed by atoms with Crippen LogP contribution in [0.5, 0.6) is 0 Å². The van der Waals surface area contributed by atoms with Crippen LogP contribution in [0.15, 0.2) is 53.1 Å². The van der Waals surface area contributed by atoms with Crippen molar-refractivity contribution in [2.24, 2.45) is 0 Å². The van der Waals surface area contributed by atoms with E-state index < -0.39 is 17.7 Å². The van der Waals surface area contributed by atoms with E-state index >= 15 is 0 Å². The average Bonchev–Trinajstić information content (AvgIpc) is 3.31. The number of nitrogens with zero attached hydrogens (tertiary/aromatic N) is 1. The maximum Gasteiger partial charge on any atom is 0.290 e. The Hall–Kier alpha value is -2.44. The molecule has 0 radical (unpaired) electrons. The number of hydrogen-bond acceptors (Lipinski definition) is 5. The average molecular weight is 400 g/mol. The maximum absolute atomic E-state index is 13.1. The highest BCUT2D eigenvalue weighted by atomic mass is 32.1. The van der Waals surface area contributed by atoms with E-state index in [4.69, 9.17) is 4.74 Å². The number of rotatable bonds is 8. The third kappa shape index (κ3) is 3.88. The molecule has 28 heavy (non-hydrogen) atoms. The lowest BCUT2D eigenvalue weighted by molar-refractivity contribution is -0.129. The van der Waals surface area contributed by atoms with E-state index in [1.807, 2.05) is 29.6 Å². The first-order valence-electron chi connectivity index (χ1n) is 9.36. The van der Waals surface area contributed by atoms with Crippen LogP contribution in [0.2, 0.25) is 0 Å². The number of carbonyl (C=O) groups excluding carboxylic acids is 2. The lowest BCUT2D eigenvalue weighted by Gasteiger charge is -2.27. The maximum atomic E-state index is 13.1. The van der Waals surface area contributed by atoms with Crippen LogP contribution in [-0.4, -0.2) is 42.0 Å². The molecule has 3 rings (SSSR count). The zero-order valence-electron chi connectivity index (χ0n) is 16.3. The Morgan fingerprint density at radius 3 is 2.54 bits per heavy atom. The zero-order valence-corrected chi connectivity index (χ0v) is 17.2. The van der Waals surface area contributed by atoms with Gasteiger partial charge in [-0.1, -0.05) is 44.2 Å². The van der Waals surface area contributed by atoms with Crippen molar-refractivity contribution < 1.29 is 19.4 Å². The molecule has 1 aromatic carbocycles. The molecule has 1 aliphatic rings. The lowest BCUT2D eigenvalue weighted by Crippen LogP contribution is -2.32. The molecular formula is C22H25NO4S. The van der Waals surface area contributed by atoms with Gasteiger partial charge in [-0.2, -0.15) is 0 Å². The number of benzene rings is 1. The number of amides is 1. The standard InChI is InChI=1S/C22H25NO4S/c1-14(2)15-7-9-16(10-8-15)19-18(20(24)17-6-4-13-28-17)21(25)22(26)23(19)11-5-12-27-3/h4,6-10,13-14,19,25H,5,11-12H2,1-3H3/t19-/m1/s1. The van der Waals surface area contributed by atoms with E-state index in [-0.39, 0.29) is 11.4 Å². The van der Waals surface area contributed by atoms with Gasteiger partial charge in [0.25, 0.3) is 5.91 Å². The Morgan fingerprint density at radius 2 is 1.96 bits per heavy atom. The van der Waals surface area contributed by atoms with E-state index in [1.54, 1.807) is 24.1 Å². The molecular weight excluding hydrogens is 374 g/mol. The van der Waals surface area contributed by atoms with Gasteiger partial charge in [-0.15, -0.1) is 11.3 Å². The predicted octanol–water partition coefficient (Wildman–Crippen LogP) is 4.49. The highest BCUT2D eigenvalue weighted by molar-refractivity contribution is 7.12. The van der Waals surface area contributed by atoms with Gasteiger partial charge in [0.05, 0.1) is 16.5 Å². The summed E-state index contributed by atoms with van der Waals surface area (Å²) in [7, 11) is 1.61. The van der Waals surface area contributed by atoms with Crippen LogP contribution >= 0.6 is 11.3 Å². The summed E-state index contributed by atoms with van der Waals surface area (Å²) in [6, 6.07) is 10.8. The molecule has 0 fully saturated rings. The molecule has 0 aliphatic carbocycles. The zero-order chi connectivity index (χ0) is 20.3. The first kappa shape index (κ1) is 20.3. The monoisotopic (exact) mass is 399 g/mol. The molecule has 6 heteroatoms. The topological polar surface area (TPSA) is 66.8 Å². The Kier molecular flexibility index (Phi) is 6.31. The minimum Gasteiger partial charge on any atom is -0.503 e. The molecule has 0 saturated carbocycles. The molecule has 1 amide bonds. The summed E-state index contributed by atoms with van der Waals surface area (Å²) in [5.74, 6) is -0.871. The van der Waals surface area contributed by atoms with Gasteiger partial charge < -0.3 is 14.7 Å². The van der Waals surface area contributed by atoms with Crippen LogP contribution in [0.4, 0.5) is 0 Å². The number of hydrogen-bond donors (Lipinski definition) is 1. The number of aliphatic hydroxyl groups is 1. The number of carbonyl (C=O) groups is 2. The summed E-state index contributed by atoms with van der Waals surface area (Å²) in [6.45, 7) is 5.12. The van der Waals surface area contributed by atoms with Crippen LogP contribution in [0, 0.1) is 0 Å². The fourth-order valence-corrected chi connectivity index (χ4v) is 4.12. The van der Waals surface area contributed by atoms with Crippen molar-refractivity contribution in [3.63, 3.8) is 0 Å². The Morgan fingerprint density at radius 1 is 1.25 bits per heavy atom. The second-order valence-electron chi connectivity index (χ2n) is 7.14. The molecule has 0 spiro atoms. The minimum absolute atomic E-state index is 0.155. The molecule has 0 bridgehead atoms. The summed E-state index contributed by atoms with van der Waals surface area (Å²) in [6.07, 6.45) is 0.622. The smallest absolute Gasteiger partial charge is 0.290 e. The summed E-state index contributed by atoms with van der Waals surface area (Å²) in [5, 5.41) is 12.4. The third-order valence-corrected chi connectivity index (χ3v) is 5.83. The molecule has 1 aromatic heterocycles. The number of ether oxygens (including phenoxy) is 1. The van der Waals surface area contributed by atoms with Gasteiger partial charge in [-0.25, -0.2) is 0 Å². The molecule has 2 aromatic rings. The number of thiophene rings is 1. The van der Waals surface area contributed by atoms with Crippen molar-refractivity contribution in [1.82, 2.24) is 4.90 Å². The first-order chi connectivity index (χ1) is 13.5. The normalized spacial score (nSPS) is 17.1. The second-order valence-corrected chi connectivity index (χ2v) is 8.09. The summed E-state index contributed by atoms with van der Waals surface area (Å²) in [4.78, 5) is 27.9. The van der Waals surface area contributed by atoms with Gasteiger partial charge >= 0.3 is 0 Å². The van der Waals surface area contributed by atoms with Crippen molar-refractivity contribution >= 4 is 23.0 Å². The summed E-state index contributed by atoms with van der Waals surface area (Å²) < 4.78 is 5.10. The predicted molar refractivity (Wildman–Crippen MR) is 110 cm³/mol. The number of aliphatic hydroxyl groups excluding tert-OH is 1. The van der Waals surface area contributed by atoms with Crippen LogP contribution in [0.3, 0.4) is 0 Å². The first-order valence-corrected chi connectivity index (χ1v) is 10.2. The molecule has 148 valence electrons. The number of methoxy groups -OCH3 is 1. The van der Waals surface area contributed by atoms with Crippen molar-refractivity contribution in [1.29, 1.82) is 0 Å². The van der Waals surface area contributed by atoms with Crippen LogP contribution in [-0.2, 0) is 9.53 Å². The van der Waals surface area contributed by atoms with E-state index in [9.17, 15) is 14.7 Å². The van der Waals surface area contributed by atoms with Crippen LogP contribution in [0.1, 0.15) is 53.0 Å². The van der Waals surface area contributed by atoms with E-state index in [0.29, 0.717) is 30.4 Å².